The van der Waals surface area contributed by atoms with Crippen LogP contribution in [-0.2, 0) is 9.53 Å². The fourth-order valence-electron chi connectivity index (χ4n) is 2.14. The third-order valence-corrected chi connectivity index (χ3v) is 4.09. The molecule has 0 amide bonds. The lowest BCUT2D eigenvalue weighted by Gasteiger charge is -2.38. The van der Waals surface area contributed by atoms with E-state index in [0.29, 0.717) is 6.42 Å². The van der Waals surface area contributed by atoms with Gasteiger partial charge in [-0.15, -0.1) is 0 Å². The van der Waals surface area contributed by atoms with Crippen LogP contribution in [0.25, 0.3) is 0 Å². The zero-order valence-corrected chi connectivity index (χ0v) is 11.3. The van der Waals surface area contributed by atoms with E-state index in [-0.39, 0.29) is 5.22 Å². The van der Waals surface area contributed by atoms with Crippen LogP contribution in [0.15, 0.2) is 0 Å². The summed E-state index contributed by atoms with van der Waals surface area (Å²) in [6.07, 6.45) is 3.99. The fraction of sp³-hybridized carbons (Fsp3) is 0.900. The van der Waals surface area contributed by atoms with Gasteiger partial charge in [0.2, 0.25) is 0 Å². The van der Waals surface area contributed by atoms with Crippen LogP contribution in [-0.4, -0.2) is 33.1 Å². The molecule has 0 radical (unpaired) electrons. The van der Waals surface area contributed by atoms with E-state index >= 15 is 0 Å². The third-order valence-electron chi connectivity index (χ3n) is 2.95. The van der Waals surface area contributed by atoms with E-state index in [2.05, 4.69) is 0 Å². The quantitative estimate of drug-likeness (QED) is 0.708. The number of hydrogen-bond acceptors (Lipinski definition) is 2. The molecule has 1 unspecified atom stereocenters. The molecular formula is C10H20O3Si. The van der Waals surface area contributed by atoms with Crippen molar-refractivity contribution in [3.8, 4) is 0 Å². The molecule has 4 heteroatoms. The molecule has 3 nitrogen and oxygen atoms in total. The van der Waals surface area contributed by atoms with E-state index in [9.17, 15) is 4.79 Å². The summed E-state index contributed by atoms with van der Waals surface area (Å²) in [7, 11) is 0.921. The molecule has 0 saturated carbocycles. The van der Waals surface area contributed by atoms with Gasteiger partial charge in [0.05, 0.1) is 5.41 Å². The Morgan fingerprint density at radius 2 is 2.21 bits per heavy atom. The van der Waals surface area contributed by atoms with Crippen molar-refractivity contribution in [2.75, 3.05) is 6.61 Å². The highest BCUT2D eigenvalue weighted by Crippen LogP contribution is 2.34. The van der Waals surface area contributed by atoms with Gasteiger partial charge in [0.25, 0.3) is 0 Å². The molecule has 0 spiro atoms. The normalized spacial score (nSPS) is 29.0. The highest BCUT2D eigenvalue weighted by Gasteiger charge is 2.38. The second kappa shape index (κ2) is 4.02. The molecule has 0 aromatic heterocycles. The molecule has 1 aliphatic rings. The van der Waals surface area contributed by atoms with Crippen molar-refractivity contribution >= 4 is 16.2 Å². The Kier molecular flexibility index (Phi) is 3.37. The van der Waals surface area contributed by atoms with E-state index in [0.717, 1.165) is 29.7 Å². The highest BCUT2D eigenvalue weighted by atomic mass is 28.1. The van der Waals surface area contributed by atoms with Crippen molar-refractivity contribution in [3.63, 3.8) is 0 Å². The summed E-state index contributed by atoms with van der Waals surface area (Å²) in [5.41, 5.74) is -0.654. The van der Waals surface area contributed by atoms with Crippen LogP contribution >= 0.6 is 0 Å². The number of hydrogen-bond donors (Lipinski definition) is 1. The van der Waals surface area contributed by atoms with Gasteiger partial charge in [-0.2, -0.15) is 0 Å². The Morgan fingerprint density at radius 1 is 1.57 bits per heavy atom. The van der Waals surface area contributed by atoms with Crippen LogP contribution in [0.1, 0.15) is 39.5 Å². The zero-order chi connectivity index (χ0) is 10.8. The smallest absolute Gasteiger partial charge is 0.309 e. The molecule has 1 atom stereocenters. The summed E-state index contributed by atoms with van der Waals surface area (Å²) in [5, 5.41) is 8.95. The third kappa shape index (κ3) is 2.82. The van der Waals surface area contributed by atoms with E-state index in [1.54, 1.807) is 13.8 Å². The van der Waals surface area contributed by atoms with E-state index in [1.807, 2.05) is 0 Å². The van der Waals surface area contributed by atoms with E-state index in [1.165, 1.54) is 6.42 Å². The lowest BCUT2D eigenvalue weighted by Crippen LogP contribution is -2.43. The van der Waals surface area contributed by atoms with Gasteiger partial charge in [0, 0.05) is 22.1 Å². The van der Waals surface area contributed by atoms with Gasteiger partial charge < -0.3 is 9.84 Å². The molecule has 1 heterocycles. The fourth-order valence-corrected chi connectivity index (χ4v) is 3.58. The highest BCUT2D eigenvalue weighted by molar-refractivity contribution is 6.14. The van der Waals surface area contributed by atoms with Gasteiger partial charge in [-0.3, -0.25) is 4.79 Å². The van der Waals surface area contributed by atoms with Crippen LogP contribution in [0, 0.1) is 5.41 Å². The first-order valence-corrected chi connectivity index (χ1v) is 6.23. The van der Waals surface area contributed by atoms with E-state index in [4.69, 9.17) is 9.84 Å². The summed E-state index contributed by atoms with van der Waals surface area (Å²) < 4.78 is 5.75. The number of ether oxygens (including phenoxy) is 1. The van der Waals surface area contributed by atoms with Crippen LogP contribution in [0.5, 0.6) is 0 Å². The van der Waals surface area contributed by atoms with Crippen LogP contribution in [0.4, 0.5) is 0 Å². The molecule has 1 fully saturated rings. The van der Waals surface area contributed by atoms with Crippen molar-refractivity contribution in [2.45, 2.75) is 44.8 Å². The maximum Gasteiger partial charge on any atom is 0.309 e. The average molecular weight is 216 g/mol. The second-order valence-corrected chi connectivity index (χ2v) is 6.94. The Balaban J connectivity index is 2.61. The number of carbonyl (C=O) groups is 1. The molecule has 1 rings (SSSR count). The van der Waals surface area contributed by atoms with Gasteiger partial charge in [0.15, 0.2) is 0 Å². The molecule has 0 bridgehead atoms. The largest absolute Gasteiger partial charge is 0.481 e. The van der Waals surface area contributed by atoms with Crippen molar-refractivity contribution in [1.82, 2.24) is 0 Å². The number of rotatable bonds is 3. The number of carboxylic acid groups (broad SMARTS) is 1. The predicted octanol–water partition coefficient (Wildman–Crippen LogP) is 0.750. The monoisotopic (exact) mass is 216 g/mol. The number of carboxylic acids is 1. The maximum absolute atomic E-state index is 11.0. The summed E-state index contributed by atoms with van der Waals surface area (Å²) in [6, 6.07) is 0. The van der Waals surface area contributed by atoms with Crippen molar-refractivity contribution < 1.29 is 14.6 Å². The second-order valence-electron chi connectivity index (χ2n) is 5.12. The first-order chi connectivity index (χ1) is 6.36. The van der Waals surface area contributed by atoms with Gasteiger partial charge in [-0.25, -0.2) is 0 Å². The summed E-state index contributed by atoms with van der Waals surface area (Å²) >= 11 is 0. The molecule has 0 aromatic rings. The summed E-state index contributed by atoms with van der Waals surface area (Å²) in [4.78, 5) is 11.0. The Morgan fingerprint density at radius 3 is 2.64 bits per heavy atom. The lowest BCUT2D eigenvalue weighted by atomic mass is 9.84. The average Bonchev–Trinajstić information content (AvgIpc) is 2.03. The summed E-state index contributed by atoms with van der Waals surface area (Å²) in [6.45, 7) is 4.37. The lowest BCUT2D eigenvalue weighted by molar-refractivity contribution is -0.151. The molecular weight excluding hydrogens is 196 g/mol. The van der Waals surface area contributed by atoms with Crippen LogP contribution < -0.4 is 0 Å². The Bertz CT molecular complexity index is 219. The van der Waals surface area contributed by atoms with Crippen molar-refractivity contribution in [3.05, 3.63) is 0 Å². The first kappa shape index (κ1) is 11.7. The minimum absolute atomic E-state index is 0.0971. The standard InChI is InChI=1S/C10H20O3Si/c1-9(2,8(11)12)7-10(14)5-3-4-6-13-10/h3-7H2,1-2,14H3,(H,11,12). The zero-order valence-electron chi connectivity index (χ0n) is 9.30. The number of aliphatic carboxylic acids is 1. The van der Waals surface area contributed by atoms with Gasteiger partial charge in [-0.1, -0.05) is 0 Å². The summed E-state index contributed by atoms with van der Waals surface area (Å²) in [5.74, 6) is -0.720. The molecule has 1 saturated heterocycles. The molecule has 1 aliphatic heterocycles. The SMILES string of the molecule is CC(C)(CC1([SiH3])CCCCO1)C(=O)O. The van der Waals surface area contributed by atoms with Gasteiger partial charge in [-0.05, 0) is 39.5 Å². The van der Waals surface area contributed by atoms with E-state index < -0.39 is 11.4 Å². The minimum atomic E-state index is -0.720. The van der Waals surface area contributed by atoms with Crippen LogP contribution in [0.3, 0.4) is 0 Å². The maximum atomic E-state index is 11.0. The van der Waals surface area contributed by atoms with Gasteiger partial charge >= 0.3 is 5.97 Å². The molecule has 82 valence electrons. The Labute approximate surface area is 88.3 Å². The topological polar surface area (TPSA) is 46.5 Å². The Hall–Kier alpha value is -0.353. The minimum Gasteiger partial charge on any atom is -0.481 e. The first-order valence-electron chi connectivity index (χ1n) is 5.23. The predicted molar refractivity (Wildman–Crippen MR) is 58.5 cm³/mol. The van der Waals surface area contributed by atoms with Crippen molar-refractivity contribution in [1.29, 1.82) is 0 Å². The molecule has 0 aliphatic carbocycles. The molecule has 14 heavy (non-hydrogen) atoms. The van der Waals surface area contributed by atoms with Crippen LogP contribution in [0.2, 0.25) is 0 Å². The molecule has 1 N–H and O–H groups in total. The van der Waals surface area contributed by atoms with Gasteiger partial charge in [0.1, 0.15) is 0 Å². The van der Waals surface area contributed by atoms with Crippen molar-refractivity contribution in [2.24, 2.45) is 5.41 Å². The molecule has 0 aromatic carbocycles.